The number of likely N-dealkylation sites (tertiary alicyclic amines) is 1. The molecular formula is C16H17N5O2S. The normalized spacial score (nSPS) is 18.2. The lowest BCUT2D eigenvalue weighted by atomic mass is 9.94. The van der Waals surface area contributed by atoms with Crippen LogP contribution in [-0.2, 0) is 0 Å². The second-order valence-electron chi connectivity index (χ2n) is 5.95. The van der Waals surface area contributed by atoms with Gasteiger partial charge < -0.3 is 15.1 Å². The first-order valence-corrected chi connectivity index (χ1v) is 8.66. The lowest BCUT2D eigenvalue weighted by molar-refractivity contribution is 0.0700. The number of fused-ring (bicyclic) bond motifs is 1. The summed E-state index contributed by atoms with van der Waals surface area (Å²) >= 11 is 1.43. The number of amides is 1. The van der Waals surface area contributed by atoms with Gasteiger partial charge in [0.15, 0.2) is 22.4 Å². The summed E-state index contributed by atoms with van der Waals surface area (Å²) in [6.45, 7) is 3.09. The van der Waals surface area contributed by atoms with Crippen LogP contribution in [0.5, 0.6) is 0 Å². The van der Waals surface area contributed by atoms with Gasteiger partial charge in [0.1, 0.15) is 6.26 Å². The number of thiazole rings is 1. The van der Waals surface area contributed by atoms with Gasteiger partial charge in [-0.25, -0.2) is 15.0 Å². The number of rotatable bonds is 2. The number of aromatic nitrogens is 3. The van der Waals surface area contributed by atoms with Crippen molar-refractivity contribution in [2.75, 3.05) is 18.8 Å². The minimum Gasteiger partial charge on any atom is -0.448 e. The van der Waals surface area contributed by atoms with Gasteiger partial charge in [-0.2, -0.15) is 0 Å². The van der Waals surface area contributed by atoms with Gasteiger partial charge in [-0.15, -0.1) is 0 Å². The van der Waals surface area contributed by atoms with Crippen molar-refractivity contribution >= 4 is 32.7 Å². The molecule has 1 fully saturated rings. The Morgan fingerprint density at radius 2 is 2.25 bits per heavy atom. The van der Waals surface area contributed by atoms with Crippen LogP contribution in [0.15, 0.2) is 22.8 Å². The summed E-state index contributed by atoms with van der Waals surface area (Å²) in [6.07, 6.45) is 3.36. The van der Waals surface area contributed by atoms with Crippen LogP contribution in [0.3, 0.4) is 0 Å². The number of anilines is 1. The summed E-state index contributed by atoms with van der Waals surface area (Å²) in [5.74, 6) is 0.610. The van der Waals surface area contributed by atoms with E-state index in [0.29, 0.717) is 28.9 Å². The van der Waals surface area contributed by atoms with Crippen LogP contribution in [0.2, 0.25) is 0 Å². The highest BCUT2D eigenvalue weighted by molar-refractivity contribution is 7.21. The van der Waals surface area contributed by atoms with Gasteiger partial charge in [0.25, 0.3) is 5.91 Å². The molecule has 1 saturated heterocycles. The van der Waals surface area contributed by atoms with Gasteiger partial charge in [-0.1, -0.05) is 11.3 Å². The van der Waals surface area contributed by atoms with E-state index < -0.39 is 0 Å². The van der Waals surface area contributed by atoms with E-state index in [0.717, 1.165) is 29.8 Å². The molecule has 1 amide bonds. The van der Waals surface area contributed by atoms with E-state index in [4.69, 9.17) is 10.2 Å². The predicted molar refractivity (Wildman–Crippen MR) is 90.9 cm³/mol. The molecule has 7 nitrogen and oxygen atoms in total. The third-order valence-corrected chi connectivity index (χ3v) is 5.10. The number of aryl methyl sites for hydroxylation is 1. The maximum absolute atomic E-state index is 12.6. The minimum atomic E-state index is -0.0875. The Labute approximate surface area is 142 Å². The van der Waals surface area contributed by atoms with Crippen LogP contribution >= 0.6 is 11.3 Å². The van der Waals surface area contributed by atoms with E-state index in [2.05, 4.69) is 15.0 Å². The summed E-state index contributed by atoms with van der Waals surface area (Å²) in [5, 5.41) is 0.525. The Bertz CT molecular complexity index is 903. The average Bonchev–Trinajstić information content (AvgIpc) is 3.18. The SMILES string of the molecule is Cc1nc(C(=O)N2CCC[C@@H](c3ccc4sc(N)nc4n3)C2)co1. The number of carbonyl (C=O) groups is 1. The fraction of sp³-hybridized carbons (Fsp3) is 0.375. The molecule has 24 heavy (non-hydrogen) atoms. The lowest BCUT2D eigenvalue weighted by Crippen LogP contribution is -2.39. The number of piperidine rings is 1. The Balaban J connectivity index is 1.56. The van der Waals surface area contributed by atoms with Gasteiger partial charge >= 0.3 is 0 Å². The molecule has 0 bridgehead atoms. The van der Waals surface area contributed by atoms with Crippen molar-refractivity contribution in [2.24, 2.45) is 0 Å². The Morgan fingerprint density at radius 3 is 3.04 bits per heavy atom. The summed E-state index contributed by atoms with van der Waals surface area (Å²) < 4.78 is 6.13. The third-order valence-electron chi connectivity index (χ3n) is 4.26. The molecular weight excluding hydrogens is 326 g/mol. The monoisotopic (exact) mass is 343 g/mol. The number of hydrogen-bond acceptors (Lipinski definition) is 7. The molecule has 4 heterocycles. The summed E-state index contributed by atoms with van der Waals surface area (Å²) in [6, 6.07) is 4.02. The highest BCUT2D eigenvalue weighted by atomic mass is 32.1. The van der Waals surface area contributed by atoms with Crippen LogP contribution < -0.4 is 5.73 Å². The third kappa shape index (κ3) is 2.73. The summed E-state index contributed by atoms with van der Waals surface area (Å²) in [5.41, 5.74) is 7.76. The smallest absolute Gasteiger partial charge is 0.275 e. The number of oxazole rings is 1. The quantitative estimate of drug-likeness (QED) is 0.768. The van der Waals surface area contributed by atoms with E-state index in [9.17, 15) is 4.79 Å². The van der Waals surface area contributed by atoms with Crippen LogP contribution in [0.1, 0.15) is 40.8 Å². The maximum atomic E-state index is 12.6. The number of pyridine rings is 1. The molecule has 0 radical (unpaired) electrons. The first-order chi connectivity index (χ1) is 11.6. The fourth-order valence-electron chi connectivity index (χ4n) is 3.10. The zero-order valence-corrected chi connectivity index (χ0v) is 14.0. The summed E-state index contributed by atoms with van der Waals surface area (Å²) in [4.78, 5) is 27.4. The molecule has 2 N–H and O–H groups in total. The van der Waals surface area contributed by atoms with E-state index >= 15 is 0 Å². The zero-order chi connectivity index (χ0) is 16.7. The molecule has 0 saturated carbocycles. The first-order valence-electron chi connectivity index (χ1n) is 7.84. The number of hydrogen-bond donors (Lipinski definition) is 1. The predicted octanol–water partition coefficient (Wildman–Crippen LogP) is 2.59. The largest absolute Gasteiger partial charge is 0.448 e. The van der Waals surface area contributed by atoms with Crippen molar-refractivity contribution in [3.05, 3.63) is 35.7 Å². The molecule has 3 aromatic heterocycles. The topological polar surface area (TPSA) is 98.1 Å². The second-order valence-corrected chi connectivity index (χ2v) is 7.01. The number of nitrogens with zero attached hydrogens (tertiary/aromatic N) is 4. The second kappa shape index (κ2) is 5.86. The molecule has 124 valence electrons. The number of nitrogen functional groups attached to an aromatic ring is 1. The Hall–Kier alpha value is -2.48. The minimum absolute atomic E-state index is 0.0875. The number of nitrogens with two attached hydrogens (primary N) is 1. The van der Waals surface area contributed by atoms with E-state index in [-0.39, 0.29) is 11.8 Å². The highest BCUT2D eigenvalue weighted by Gasteiger charge is 2.28. The maximum Gasteiger partial charge on any atom is 0.275 e. The van der Waals surface area contributed by atoms with Crippen molar-refractivity contribution in [2.45, 2.75) is 25.7 Å². The fourth-order valence-corrected chi connectivity index (χ4v) is 3.78. The Morgan fingerprint density at radius 1 is 1.38 bits per heavy atom. The summed E-state index contributed by atoms with van der Waals surface area (Å²) in [7, 11) is 0. The molecule has 0 aromatic carbocycles. The van der Waals surface area contributed by atoms with Crippen molar-refractivity contribution in [1.29, 1.82) is 0 Å². The van der Waals surface area contributed by atoms with Gasteiger partial charge in [-0.05, 0) is 25.0 Å². The van der Waals surface area contributed by atoms with E-state index in [1.54, 1.807) is 6.92 Å². The molecule has 3 aromatic rings. The van der Waals surface area contributed by atoms with Gasteiger partial charge in [-0.3, -0.25) is 4.79 Å². The van der Waals surface area contributed by atoms with E-state index in [1.165, 1.54) is 17.6 Å². The van der Waals surface area contributed by atoms with E-state index in [1.807, 2.05) is 17.0 Å². The van der Waals surface area contributed by atoms with Gasteiger partial charge in [0, 0.05) is 31.6 Å². The van der Waals surface area contributed by atoms with Gasteiger partial charge in [0.05, 0.1) is 4.70 Å². The molecule has 1 aliphatic rings. The van der Waals surface area contributed by atoms with Gasteiger partial charge in [0.2, 0.25) is 0 Å². The van der Waals surface area contributed by atoms with Crippen molar-refractivity contribution in [1.82, 2.24) is 19.9 Å². The molecule has 1 atom stereocenters. The first kappa shape index (κ1) is 15.1. The average molecular weight is 343 g/mol. The number of carbonyl (C=O) groups excluding carboxylic acids is 1. The van der Waals surface area contributed by atoms with Crippen LogP contribution in [-0.4, -0.2) is 38.8 Å². The van der Waals surface area contributed by atoms with Crippen LogP contribution in [0.4, 0.5) is 5.13 Å². The lowest BCUT2D eigenvalue weighted by Gasteiger charge is -2.32. The van der Waals surface area contributed by atoms with Crippen molar-refractivity contribution in [3.63, 3.8) is 0 Å². The molecule has 1 aliphatic heterocycles. The molecule has 0 aliphatic carbocycles. The Kier molecular flexibility index (Phi) is 3.68. The standard InChI is InChI=1S/C16H17N5O2S/c1-9-18-12(8-23-9)15(22)21-6-2-3-10(7-21)11-4-5-13-14(19-11)20-16(17)24-13/h4-5,8,10H,2-3,6-7H2,1H3,(H2,17,19,20)/t10-/m1/s1. The van der Waals surface area contributed by atoms with Crippen LogP contribution in [0, 0.1) is 6.92 Å². The van der Waals surface area contributed by atoms with Crippen molar-refractivity contribution in [3.8, 4) is 0 Å². The van der Waals surface area contributed by atoms with Crippen LogP contribution in [0.25, 0.3) is 10.3 Å². The van der Waals surface area contributed by atoms with Crippen molar-refractivity contribution < 1.29 is 9.21 Å². The zero-order valence-electron chi connectivity index (χ0n) is 13.2. The highest BCUT2D eigenvalue weighted by Crippen LogP contribution is 2.29. The molecule has 0 unspecified atom stereocenters. The molecule has 0 spiro atoms. The molecule has 4 rings (SSSR count). The molecule has 8 heteroatoms.